The molecule has 0 spiro atoms. The van der Waals surface area contributed by atoms with E-state index >= 15 is 0 Å². The Balaban J connectivity index is 1.13. The number of hydrogen-bond donors (Lipinski definition) is 0. The van der Waals surface area contributed by atoms with Crippen molar-refractivity contribution in [1.82, 2.24) is 15.0 Å². The second-order valence-corrected chi connectivity index (χ2v) is 13.8. The van der Waals surface area contributed by atoms with Gasteiger partial charge >= 0.3 is 0 Å². The first-order valence-electron chi connectivity index (χ1n) is 18.1. The number of hydrogen-bond acceptors (Lipinski definition) is 4. The Bertz CT molecular complexity index is 2960. The molecule has 0 amide bonds. The van der Waals surface area contributed by atoms with Gasteiger partial charge < -0.3 is 4.42 Å². The van der Waals surface area contributed by atoms with Crippen molar-refractivity contribution in [3.8, 4) is 56.4 Å². The van der Waals surface area contributed by atoms with Gasteiger partial charge in [0.25, 0.3) is 0 Å². The normalized spacial score (nSPS) is 14.6. The summed E-state index contributed by atoms with van der Waals surface area (Å²) in [7, 11) is 0. The van der Waals surface area contributed by atoms with Crippen LogP contribution in [0.2, 0.25) is 0 Å². The van der Waals surface area contributed by atoms with Crippen LogP contribution >= 0.6 is 0 Å². The van der Waals surface area contributed by atoms with E-state index in [4.69, 9.17) is 19.4 Å². The van der Waals surface area contributed by atoms with Crippen LogP contribution in [0, 0.1) is 0 Å². The van der Waals surface area contributed by atoms with E-state index < -0.39 is 0 Å². The molecule has 53 heavy (non-hydrogen) atoms. The molecule has 2 aliphatic rings. The van der Waals surface area contributed by atoms with Crippen LogP contribution in [0.25, 0.3) is 94.7 Å². The first kappa shape index (κ1) is 29.8. The number of rotatable bonds is 5. The van der Waals surface area contributed by atoms with Gasteiger partial charge in [-0.1, -0.05) is 152 Å². The number of benzene rings is 7. The number of nitrogens with zero attached hydrogens (tertiary/aromatic N) is 3. The monoisotopic (exact) mass is 677 g/mol. The maximum atomic E-state index is 6.81. The second-order valence-electron chi connectivity index (χ2n) is 13.8. The maximum Gasteiger partial charge on any atom is 0.164 e. The van der Waals surface area contributed by atoms with Crippen LogP contribution in [0.1, 0.15) is 23.5 Å². The molecule has 0 saturated heterocycles. The molecule has 2 aromatic heterocycles. The molecule has 0 bridgehead atoms. The molecule has 0 aliphatic heterocycles. The summed E-state index contributed by atoms with van der Waals surface area (Å²) >= 11 is 0. The van der Waals surface area contributed by atoms with Crippen molar-refractivity contribution in [2.75, 3.05) is 0 Å². The fraction of sp³-hybridized carbons (Fsp3) is 0.0408. The minimum atomic E-state index is 0.411. The molecule has 248 valence electrons. The van der Waals surface area contributed by atoms with Gasteiger partial charge in [-0.25, -0.2) is 15.0 Å². The Labute approximate surface area is 306 Å². The minimum Gasteiger partial charge on any atom is -0.455 e. The highest BCUT2D eigenvalue weighted by atomic mass is 16.3. The van der Waals surface area contributed by atoms with Gasteiger partial charge in [-0.05, 0) is 68.8 Å². The highest BCUT2D eigenvalue weighted by molar-refractivity contribution is 6.18. The number of fused-ring (bicyclic) bond motifs is 6. The third-order valence-corrected chi connectivity index (χ3v) is 10.9. The molecule has 4 heteroatoms. The molecule has 0 fully saturated rings. The van der Waals surface area contributed by atoms with Crippen molar-refractivity contribution >= 4 is 38.3 Å². The van der Waals surface area contributed by atoms with Crippen LogP contribution in [-0.2, 0) is 0 Å². The summed E-state index contributed by atoms with van der Waals surface area (Å²) in [5.41, 5.74) is 13.1. The van der Waals surface area contributed by atoms with Crippen LogP contribution < -0.4 is 0 Å². The molecule has 0 radical (unpaired) electrons. The van der Waals surface area contributed by atoms with Crippen LogP contribution in [0.5, 0.6) is 0 Å². The number of para-hydroxylation sites is 1. The number of allylic oxidation sites excluding steroid dienone is 4. The lowest BCUT2D eigenvalue weighted by Gasteiger charge is -2.15. The minimum absolute atomic E-state index is 0.411. The standard InChI is InChI=1S/C49H31N3O/c1-3-12-30(13-4-1)31-22-24-33(25-23-31)48-50-47(32-14-5-2-6-15-32)51-49(52-48)42-29-28-40(46-45(42)41-18-9-10-21-43(41)53-46)36-26-27-39-35-17-8-7-16-34(35)37-19-11-20-38(36)44(37)39/h1-16,18-29,35H,17H2. The van der Waals surface area contributed by atoms with Crippen molar-refractivity contribution in [2.24, 2.45) is 0 Å². The first-order chi connectivity index (χ1) is 26.3. The van der Waals surface area contributed by atoms with E-state index in [1.807, 2.05) is 48.5 Å². The molecule has 2 aliphatic carbocycles. The van der Waals surface area contributed by atoms with Gasteiger partial charge in [0, 0.05) is 38.9 Å². The molecular weight excluding hydrogens is 647 g/mol. The van der Waals surface area contributed by atoms with Gasteiger partial charge in [-0.3, -0.25) is 0 Å². The van der Waals surface area contributed by atoms with Gasteiger partial charge in [0.1, 0.15) is 11.2 Å². The molecule has 7 aromatic carbocycles. The van der Waals surface area contributed by atoms with E-state index in [-0.39, 0.29) is 0 Å². The van der Waals surface area contributed by atoms with Gasteiger partial charge in [0.15, 0.2) is 17.5 Å². The Kier molecular flexibility index (Phi) is 6.65. The van der Waals surface area contributed by atoms with Crippen molar-refractivity contribution in [3.63, 3.8) is 0 Å². The lowest BCUT2D eigenvalue weighted by atomic mass is 9.88. The average Bonchev–Trinajstić information content (AvgIpc) is 3.79. The highest BCUT2D eigenvalue weighted by Gasteiger charge is 2.31. The molecule has 2 heterocycles. The SMILES string of the molecule is C1=CCC2C(=C1)c1cccc3c(-c4ccc(-c5nc(-c6ccccc6)nc(-c6ccc(-c7ccccc7)cc6)n5)c5c4oc4ccccc45)ccc2c13. The van der Waals surface area contributed by atoms with Gasteiger partial charge in [0.05, 0.1) is 0 Å². The zero-order valence-electron chi connectivity index (χ0n) is 28.7. The summed E-state index contributed by atoms with van der Waals surface area (Å²) in [6.07, 6.45) is 7.81. The van der Waals surface area contributed by atoms with E-state index in [1.165, 1.54) is 33.0 Å². The Morgan fingerprint density at radius 1 is 0.453 bits per heavy atom. The van der Waals surface area contributed by atoms with Crippen LogP contribution in [0.4, 0.5) is 0 Å². The van der Waals surface area contributed by atoms with Crippen LogP contribution in [0.3, 0.4) is 0 Å². The maximum absolute atomic E-state index is 6.81. The van der Waals surface area contributed by atoms with E-state index in [0.717, 1.165) is 61.7 Å². The van der Waals surface area contributed by atoms with Crippen LogP contribution in [-0.4, -0.2) is 15.0 Å². The third kappa shape index (κ3) is 4.73. The van der Waals surface area contributed by atoms with Gasteiger partial charge in [0.2, 0.25) is 0 Å². The smallest absolute Gasteiger partial charge is 0.164 e. The van der Waals surface area contributed by atoms with Crippen molar-refractivity contribution in [3.05, 3.63) is 181 Å². The van der Waals surface area contributed by atoms with Gasteiger partial charge in [-0.15, -0.1) is 0 Å². The topological polar surface area (TPSA) is 51.8 Å². The Morgan fingerprint density at radius 2 is 1.08 bits per heavy atom. The number of aromatic nitrogens is 3. The summed E-state index contributed by atoms with van der Waals surface area (Å²) in [4.78, 5) is 15.4. The Morgan fingerprint density at radius 3 is 1.89 bits per heavy atom. The summed E-state index contributed by atoms with van der Waals surface area (Å²) < 4.78 is 6.81. The Hall–Kier alpha value is -6.91. The highest BCUT2D eigenvalue weighted by Crippen LogP contribution is 2.52. The molecule has 1 atom stereocenters. The van der Waals surface area contributed by atoms with E-state index in [0.29, 0.717) is 23.4 Å². The molecule has 11 rings (SSSR count). The quantitative estimate of drug-likeness (QED) is 0.182. The largest absolute Gasteiger partial charge is 0.455 e. The summed E-state index contributed by atoms with van der Waals surface area (Å²) in [5.74, 6) is 2.26. The summed E-state index contributed by atoms with van der Waals surface area (Å²) in [6, 6.07) is 53.0. The lowest BCUT2D eigenvalue weighted by molar-refractivity contribution is 0.670. The molecule has 0 saturated carbocycles. The summed E-state index contributed by atoms with van der Waals surface area (Å²) in [5, 5.41) is 4.63. The molecule has 9 aromatic rings. The molecule has 4 nitrogen and oxygen atoms in total. The average molecular weight is 678 g/mol. The lowest BCUT2D eigenvalue weighted by Crippen LogP contribution is -2.00. The predicted molar refractivity (Wildman–Crippen MR) is 216 cm³/mol. The van der Waals surface area contributed by atoms with E-state index in [2.05, 4.69) is 121 Å². The summed E-state index contributed by atoms with van der Waals surface area (Å²) in [6.45, 7) is 0. The molecule has 0 N–H and O–H groups in total. The van der Waals surface area contributed by atoms with Crippen LogP contribution in [0.15, 0.2) is 174 Å². The van der Waals surface area contributed by atoms with Crippen molar-refractivity contribution in [2.45, 2.75) is 12.3 Å². The van der Waals surface area contributed by atoms with Crippen molar-refractivity contribution in [1.29, 1.82) is 0 Å². The fourth-order valence-electron chi connectivity index (χ4n) is 8.41. The predicted octanol–water partition coefficient (Wildman–Crippen LogP) is 12.7. The number of furan rings is 1. The second kappa shape index (κ2) is 11.8. The first-order valence-corrected chi connectivity index (χ1v) is 18.1. The third-order valence-electron chi connectivity index (χ3n) is 10.9. The van der Waals surface area contributed by atoms with E-state index in [9.17, 15) is 0 Å². The van der Waals surface area contributed by atoms with E-state index in [1.54, 1.807) is 0 Å². The zero-order valence-corrected chi connectivity index (χ0v) is 28.7. The molecular formula is C49H31N3O. The fourth-order valence-corrected chi connectivity index (χ4v) is 8.41. The van der Waals surface area contributed by atoms with Gasteiger partial charge in [-0.2, -0.15) is 0 Å². The van der Waals surface area contributed by atoms with Crippen molar-refractivity contribution < 1.29 is 4.42 Å². The zero-order chi connectivity index (χ0) is 34.9. The molecule has 1 unspecified atom stereocenters.